The second-order valence-electron chi connectivity index (χ2n) is 12.1. The van der Waals surface area contributed by atoms with E-state index < -0.39 is 0 Å². The Bertz CT molecular complexity index is 1080. The number of rotatable bonds is 10. The van der Waals surface area contributed by atoms with Crippen molar-refractivity contribution < 1.29 is 19.4 Å². The number of carbonyl (C=O) groups is 2. The van der Waals surface area contributed by atoms with Crippen LogP contribution in [0, 0.1) is 0 Å². The Hall–Kier alpha value is -3.22. The maximum Gasteiger partial charge on any atom is 0.321 e. The van der Waals surface area contributed by atoms with E-state index >= 15 is 0 Å². The van der Waals surface area contributed by atoms with E-state index in [9.17, 15) is 14.7 Å². The first-order chi connectivity index (χ1) is 17.7. The van der Waals surface area contributed by atoms with Crippen LogP contribution >= 0.6 is 0 Å². The summed E-state index contributed by atoms with van der Waals surface area (Å²) >= 11 is 0. The molecule has 0 saturated carbocycles. The summed E-state index contributed by atoms with van der Waals surface area (Å²) in [5.41, 5.74) is 2.02. The summed E-state index contributed by atoms with van der Waals surface area (Å²) in [6.07, 6.45) is 5.60. The van der Waals surface area contributed by atoms with Gasteiger partial charge < -0.3 is 25.4 Å². The Labute approximate surface area is 229 Å². The zero-order valence-electron chi connectivity index (χ0n) is 24.7. The number of hydrogen-bond donors (Lipinski definition) is 3. The number of urea groups is 1. The number of aromatic hydroxyl groups is 1. The highest BCUT2D eigenvalue weighted by Gasteiger charge is 2.28. The molecule has 0 radical (unpaired) electrons. The Morgan fingerprint density at radius 3 is 1.97 bits per heavy atom. The predicted molar refractivity (Wildman–Crippen MR) is 157 cm³/mol. The number of ether oxygens (including phenoxy) is 1. The van der Waals surface area contributed by atoms with E-state index in [-0.39, 0.29) is 28.5 Å². The Kier molecular flexibility index (Phi) is 10.6. The van der Waals surface area contributed by atoms with Crippen LogP contribution in [0.4, 0.5) is 16.2 Å². The van der Waals surface area contributed by atoms with Crippen LogP contribution in [0.3, 0.4) is 0 Å². The molecule has 0 aliphatic carbocycles. The van der Waals surface area contributed by atoms with Gasteiger partial charge in [-0.05, 0) is 41.5 Å². The van der Waals surface area contributed by atoms with Crippen molar-refractivity contribution in [2.45, 2.75) is 91.4 Å². The third kappa shape index (κ3) is 8.40. The van der Waals surface area contributed by atoms with Crippen molar-refractivity contribution in [3.05, 3.63) is 47.0 Å². The van der Waals surface area contributed by atoms with Crippen molar-refractivity contribution in [1.82, 2.24) is 4.90 Å². The number of methoxy groups -OCH3 is 1. The largest absolute Gasteiger partial charge is 0.507 e. The topological polar surface area (TPSA) is 90.9 Å². The Balaban J connectivity index is 2.33. The molecule has 3 N–H and O–H groups in total. The zero-order valence-corrected chi connectivity index (χ0v) is 24.7. The first-order valence-electron chi connectivity index (χ1n) is 13.6. The number of nitrogens with zero attached hydrogens (tertiary/aromatic N) is 1. The number of carbonyl (C=O) groups excluding carboxylic acids is 2. The smallest absolute Gasteiger partial charge is 0.321 e. The molecule has 0 bridgehead atoms. The van der Waals surface area contributed by atoms with E-state index in [1.54, 1.807) is 49.4 Å². The van der Waals surface area contributed by atoms with Gasteiger partial charge in [-0.3, -0.25) is 4.79 Å². The molecule has 0 atom stereocenters. The number of phenols is 1. The minimum Gasteiger partial charge on any atom is -0.507 e. The molecule has 0 heterocycles. The van der Waals surface area contributed by atoms with Crippen molar-refractivity contribution in [1.29, 1.82) is 0 Å². The molecule has 2 aromatic carbocycles. The van der Waals surface area contributed by atoms with Crippen LogP contribution in [-0.2, 0) is 10.8 Å². The third-order valence-electron chi connectivity index (χ3n) is 6.65. The maximum absolute atomic E-state index is 13.5. The van der Waals surface area contributed by atoms with E-state index in [2.05, 4.69) is 17.6 Å². The molecule has 0 spiro atoms. The van der Waals surface area contributed by atoms with Gasteiger partial charge in [-0.25, -0.2) is 4.79 Å². The van der Waals surface area contributed by atoms with Crippen LogP contribution in [0.5, 0.6) is 11.5 Å². The van der Waals surface area contributed by atoms with Crippen LogP contribution < -0.4 is 15.4 Å². The molecular weight excluding hydrogens is 478 g/mol. The number of unbranched alkanes of at least 4 members (excludes halogenated alkanes) is 4. The number of phenolic OH excluding ortho intramolecular Hbond substituents is 1. The molecule has 38 heavy (non-hydrogen) atoms. The van der Waals surface area contributed by atoms with E-state index in [1.807, 2.05) is 41.5 Å². The molecule has 7 nitrogen and oxygen atoms in total. The number of nitrogens with one attached hydrogen (secondary N) is 2. The van der Waals surface area contributed by atoms with Crippen molar-refractivity contribution >= 4 is 23.3 Å². The molecule has 0 aromatic heterocycles. The van der Waals surface area contributed by atoms with Gasteiger partial charge in [-0.15, -0.1) is 0 Å². The summed E-state index contributed by atoms with van der Waals surface area (Å²) in [6, 6.07) is 8.39. The lowest BCUT2D eigenvalue weighted by Gasteiger charge is -2.28. The third-order valence-corrected chi connectivity index (χ3v) is 6.65. The van der Waals surface area contributed by atoms with E-state index in [1.165, 1.54) is 19.3 Å². The molecule has 0 aliphatic heterocycles. The fourth-order valence-electron chi connectivity index (χ4n) is 4.23. The lowest BCUT2D eigenvalue weighted by molar-refractivity contribution is 0.102. The minimum absolute atomic E-state index is 0.216. The number of amides is 3. The molecular formula is C31H47N3O4. The van der Waals surface area contributed by atoms with Gasteiger partial charge in [0, 0.05) is 36.3 Å². The molecule has 7 heteroatoms. The van der Waals surface area contributed by atoms with Gasteiger partial charge in [0.15, 0.2) is 0 Å². The monoisotopic (exact) mass is 525 g/mol. The number of benzene rings is 2. The second kappa shape index (κ2) is 13.0. The van der Waals surface area contributed by atoms with Gasteiger partial charge in [0.2, 0.25) is 0 Å². The van der Waals surface area contributed by atoms with Gasteiger partial charge >= 0.3 is 6.03 Å². The molecule has 0 saturated heterocycles. The van der Waals surface area contributed by atoms with Crippen LogP contribution in [0.2, 0.25) is 0 Å². The normalized spacial score (nSPS) is 11.7. The van der Waals surface area contributed by atoms with Gasteiger partial charge in [0.25, 0.3) is 5.91 Å². The summed E-state index contributed by atoms with van der Waals surface area (Å²) in [5, 5.41) is 16.9. The Morgan fingerprint density at radius 1 is 0.868 bits per heavy atom. The van der Waals surface area contributed by atoms with Crippen molar-refractivity contribution in [3.63, 3.8) is 0 Å². The molecule has 2 rings (SSSR count). The van der Waals surface area contributed by atoms with Gasteiger partial charge in [0.05, 0.1) is 18.5 Å². The van der Waals surface area contributed by atoms with Gasteiger partial charge in [-0.1, -0.05) is 74.1 Å². The summed E-state index contributed by atoms with van der Waals surface area (Å²) in [7, 11) is 3.33. The average molecular weight is 526 g/mol. The van der Waals surface area contributed by atoms with Gasteiger partial charge in [0.1, 0.15) is 11.5 Å². The molecule has 210 valence electrons. The first-order valence-corrected chi connectivity index (χ1v) is 13.6. The van der Waals surface area contributed by atoms with Gasteiger partial charge in [-0.2, -0.15) is 0 Å². The summed E-state index contributed by atoms with van der Waals surface area (Å²) in [6.45, 7) is 14.9. The average Bonchev–Trinajstić information content (AvgIpc) is 2.83. The number of anilines is 2. The predicted octanol–water partition coefficient (Wildman–Crippen LogP) is 7.68. The van der Waals surface area contributed by atoms with Crippen LogP contribution in [0.15, 0.2) is 30.3 Å². The summed E-state index contributed by atoms with van der Waals surface area (Å²) in [4.78, 5) is 28.1. The molecule has 3 amide bonds. The Morgan fingerprint density at radius 2 is 1.45 bits per heavy atom. The standard InChI is InChI=1S/C31H47N3O4/c1-10-11-12-13-14-17-34(8)29(37)33-25-16-15-22(38-9)20-26(25)32-28(36)21-18-23(30(2,3)4)27(35)24(19-21)31(5,6)7/h15-16,18-20,35H,10-14,17H2,1-9H3,(H,32,36)(H,33,37). The van der Waals surface area contributed by atoms with Crippen LogP contribution in [-0.4, -0.2) is 42.6 Å². The molecule has 0 aliphatic rings. The fraction of sp³-hybridized carbons (Fsp3) is 0.548. The van der Waals surface area contributed by atoms with E-state index in [0.717, 1.165) is 12.8 Å². The van der Waals surface area contributed by atoms with Crippen molar-refractivity contribution in [2.75, 3.05) is 31.3 Å². The highest BCUT2D eigenvalue weighted by Crippen LogP contribution is 2.40. The zero-order chi connectivity index (χ0) is 28.7. The molecule has 0 fully saturated rings. The summed E-state index contributed by atoms with van der Waals surface area (Å²) < 4.78 is 5.37. The van der Waals surface area contributed by atoms with Crippen molar-refractivity contribution in [2.24, 2.45) is 0 Å². The first kappa shape index (κ1) is 31.0. The van der Waals surface area contributed by atoms with E-state index in [0.29, 0.717) is 40.4 Å². The SMILES string of the molecule is CCCCCCCN(C)C(=O)Nc1ccc(OC)cc1NC(=O)c1cc(C(C)(C)C)c(O)c(C(C)(C)C)c1. The van der Waals surface area contributed by atoms with Crippen LogP contribution in [0.25, 0.3) is 0 Å². The molecule has 0 unspecified atom stereocenters. The fourth-order valence-corrected chi connectivity index (χ4v) is 4.23. The highest BCUT2D eigenvalue weighted by atomic mass is 16.5. The second-order valence-corrected chi connectivity index (χ2v) is 12.1. The quantitative estimate of drug-likeness (QED) is 0.277. The highest BCUT2D eigenvalue weighted by molar-refractivity contribution is 6.07. The van der Waals surface area contributed by atoms with E-state index in [4.69, 9.17) is 4.74 Å². The maximum atomic E-state index is 13.5. The van der Waals surface area contributed by atoms with Crippen molar-refractivity contribution in [3.8, 4) is 11.5 Å². The lowest BCUT2D eigenvalue weighted by atomic mass is 9.78. The summed E-state index contributed by atoms with van der Waals surface area (Å²) in [5.74, 6) is 0.432. The minimum atomic E-state index is -0.364. The number of hydrogen-bond acceptors (Lipinski definition) is 4. The molecule has 2 aromatic rings. The van der Waals surface area contributed by atoms with Crippen LogP contribution in [0.1, 0.15) is 102 Å². The lowest BCUT2D eigenvalue weighted by Crippen LogP contribution is -2.32.